The number of carbonyl (C=O) groups is 2. The second-order valence-electron chi connectivity index (χ2n) is 4.00. The van der Waals surface area contributed by atoms with Crippen molar-refractivity contribution >= 4 is 22.9 Å². The predicted octanol–water partition coefficient (Wildman–Crippen LogP) is 1.09. The molecule has 0 unspecified atom stereocenters. The van der Waals surface area contributed by atoms with Crippen LogP contribution in [-0.4, -0.2) is 48.5 Å². The summed E-state index contributed by atoms with van der Waals surface area (Å²) in [6, 6.07) is 0. The van der Waals surface area contributed by atoms with Gasteiger partial charge in [-0.1, -0.05) is 24.6 Å². The molecule has 0 aliphatic heterocycles. The van der Waals surface area contributed by atoms with Crippen molar-refractivity contribution < 1.29 is 19.4 Å². The SMILES string of the molecule is CC(=O)NCCCCCCNC(=O)SCCOCO. The summed E-state index contributed by atoms with van der Waals surface area (Å²) < 4.78 is 4.71. The Kier molecular flexibility index (Phi) is 13.1. The molecule has 0 aliphatic carbocycles. The Balaban J connectivity index is 3.16. The molecule has 0 aromatic heterocycles. The van der Waals surface area contributed by atoms with Crippen molar-refractivity contribution in [3.8, 4) is 0 Å². The van der Waals surface area contributed by atoms with E-state index in [9.17, 15) is 9.59 Å². The number of carbonyl (C=O) groups excluding carboxylic acids is 2. The average molecular weight is 292 g/mol. The van der Waals surface area contributed by atoms with E-state index in [2.05, 4.69) is 10.6 Å². The summed E-state index contributed by atoms with van der Waals surface area (Å²) in [5.74, 6) is 0.554. The van der Waals surface area contributed by atoms with E-state index >= 15 is 0 Å². The predicted molar refractivity (Wildman–Crippen MR) is 76.0 cm³/mol. The van der Waals surface area contributed by atoms with Gasteiger partial charge in [-0.25, -0.2) is 0 Å². The van der Waals surface area contributed by atoms with E-state index in [4.69, 9.17) is 9.84 Å². The molecule has 0 rings (SSSR count). The Morgan fingerprint density at radius 2 is 1.74 bits per heavy atom. The van der Waals surface area contributed by atoms with Crippen molar-refractivity contribution in [2.45, 2.75) is 32.6 Å². The first-order valence-electron chi connectivity index (χ1n) is 6.50. The average Bonchev–Trinajstić information content (AvgIpc) is 2.37. The number of nitrogens with one attached hydrogen (secondary N) is 2. The van der Waals surface area contributed by atoms with Gasteiger partial charge < -0.3 is 20.5 Å². The van der Waals surface area contributed by atoms with Crippen LogP contribution in [0, 0.1) is 0 Å². The minimum Gasteiger partial charge on any atom is -0.371 e. The van der Waals surface area contributed by atoms with Crippen molar-refractivity contribution in [3.63, 3.8) is 0 Å². The molecule has 0 bridgehead atoms. The van der Waals surface area contributed by atoms with Gasteiger partial charge in [0.1, 0.15) is 6.79 Å². The highest BCUT2D eigenvalue weighted by molar-refractivity contribution is 8.13. The summed E-state index contributed by atoms with van der Waals surface area (Å²) in [6.45, 7) is 2.98. The van der Waals surface area contributed by atoms with E-state index in [0.717, 1.165) is 44.0 Å². The molecular weight excluding hydrogens is 268 g/mol. The van der Waals surface area contributed by atoms with E-state index < -0.39 is 0 Å². The number of aliphatic hydroxyl groups excluding tert-OH is 1. The van der Waals surface area contributed by atoms with Crippen LogP contribution in [0.1, 0.15) is 32.6 Å². The van der Waals surface area contributed by atoms with Gasteiger partial charge in [-0.15, -0.1) is 0 Å². The first-order valence-corrected chi connectivity index (χ1v) is 7.49. The maximum absolute atomic E-state index is 11.3. The molecule has 112 valence electrons. The maximum atomic E-state index is 11.3. The van der Waals surface area contributed by atoms with Crippen LogP contribution in [0.3, 0.4) is 0 Å². The van der Waals surface area contributed by atoms with Crippen LogP contribution < -0.4 is 10.6 Å². The van der Waals surface area contributed by atoms with Crippen LogP contribution >= 0.6 is 11.8 Å². The van der Waals surface area contributed by atoms with Crippen molar-refractivity contribution in [2.24, 2.45) is 0 Å². The summed E-state index contributed by atoms with van der Waals surface area (Å²) in [4.78, 5) is 21.9. The number of ether oxygens (including phenoxy) is 1. The molecule has 0 saturated heterocycles. The van der Waals surface area contributed by atoms with E-state index in [-0.39, 0.29) is 17.9 Å². The minimum absolute atomic E-state index is 0.00876. The number of rotatable bonds is 11. The van der Waals surface area contributed by atoms with E-state index in [1.807, 2.05) is 0 Å². The van der Waals surface area contributed by atoms with Gasteiger partial charge in [0, 0.05) is 25.8 Å². The molecule has 0 spiro atoms. The summed E-state index contributed by atoms with van der Waals surface area (Å²) >= 11 is 1.16. The lowest BCUT2D eigenvalue weighted by Crippen LogP contribution is -2.21. The van der Waals surface area contributed by atoms with Gasteiger partial charge in [-0.2, -0.15) is 0 Å². The quantitative estimate of drug-likeness (QED) is 0.392. The number of hydrogen-bond acceptors (Lipinski definition) is 5. The lowest BCUT2D eigenvalue weighted by Gasteiger charge is -2.05. The molecule has 0 radical (unpaired) electrons. The van der Waals surface area contributed by atoms with E-state index in [1.54, 1.807) is 0 Å². The first-order chi connectivity index (χ1) is 9.16. The second-order valence-corrected chi connectivity index (χ2v) is 5.06. The Hall–Kier alpha value is -0.790. The minimum atomic E-state index is -0.305. The van der Waals surface area contributed by atoms with Gasteiger partial charge in [-0.3, -0.25) is 9.59 Å². The first kappa shape index (κ1) is 18.2. The zero-order valence-corrected chi connectivity index (χ0v) is 12.3. The van der Waals surface area contributed by atoms with Crippen LogP contribution in [0.5, 0.6) is 0 Å². The third-order valence-corrected chi connectivity index (χ3v) is 3.08. The van der Waals surface area contributed by atoms with Crippen LogP contribution in [0.4, 0.5) is 4.79 Å². The molecule has 0 aliphatic rings. The highest BCUT2D eigenvalue weighted by Gasteiger charge is 2.00. The zero-order valence-electron chi connectivity index (χ0n) is 11.4. The summed E-state index contributed by atoms with van der Waals surface area (Å²) in [6.07, 6.45) is 4.01. The third-order valence-electron chi connectivity index (χ3n) is 2.30. The molecule has 19 heavy (non-hydrogen) atoms. The Morgan fingerprint density at radius 3 is 2.32 bits per heavy atom. The summed E-state index contributed by atoms with van der Waals surface area (Å²) in [5.41, 5.74) is 0. The molecule has 2 amide bonds. The van der Waals surface area contributed by atoms with E-state index in [0.29, 0.717) is 18.9 Å². The van der Waals surface area contributed by atoms with Gasteiger partial charge in [0.2, 0.25) is 5.91 Å². The number of amides is 2. The van der Waals surface area contributed by atoms with Crippen LogP contribution in [-0.2, 0) is 9.53 Å². The molecule has 3 N–H and O–H groups in total. The van der Waals surface area contributed by atoms with Gasteiger partial charge in [0.05, 0.1) is 6.61 Å². The molecule has 0 heterocycles. The van der Waals surface area contributed by atoms with Crippen LogP contribution in [0.2, 0.25) is 0 Å². The fourth-order valence-corrected chi connectivity index (χ4v) is 1.96. The largest absolute Gasteiger partial charge is 0.371 e. The standard InChI is InChI=1S/C12H24N2O4S/c1-11(16)13-6-4-2-3-5-7-14-12(17)19-9-8-18-10-15/h15H,2-10H2,1H3,(H,13,16)(H,14,17). The smallest absolute Gasteiger partial charge is 0.279 e. The Morgan fingerprint density at radius 1 is 1.11 bits per heavy atom. The van der Waals surface area contributed by atoms with Crippen molar-refractivity contribution in [3.05, 3.63) is 0 Å². The number of unbranched alkanes of at least 4 members (excludes halogenated alkanes) is 3. The molecule has 0 fully saturated rings. The molecular formula is C12H24N2O4S. The van der Waals surface area contributed by atoms with Gasteiger partial charge in [0.25, 0.3) is 5.24 Å². The van der Waals surface area contributed by atoms with Gasteiger partial charge in [0.15, 0.2) is 0 Å². The van der Waals surface area contributed by atoms with Gasteiger partial charge in [-0.05, 0) is 12.8 Å². The molecule has 0 aromatic carbocycles. The fraction of sp³-hybridized carbons (Fsp3) is 0.833. The van der Waals surface area contributed by atoms with Crippen molar-refractivity contribution in [2.75, 3.05) is 32.2 Å². The van der Waals surface area contributed by atoms with Crippen molar-refractivity contribution in [1.29, 1.82) is 0 Å². The number of aliphatic hydroxyl groups is 1. The monoisotopic (exact) mass is 292 g/mol. The number of hydrogen-bond donors (Lipinski definition) is 3. The lowest BCUT2D eigenvalue weighted by atomic mass is 10.2. The second kappa shape index (κ2) is 13.6. The fourth-order valence-electron chi connectivity index (χ4n) is 1.37. The molecule has 6 nitrogen and oxygen atoms in total. The number of thioether (sulfide) groups is 1. The van der Waals surface area contributed by atoms with Gasteiger partial charge >= 0.3 is 0 Å². The normalized spacial score (nSPS) is 10.2. The molecule has 0 atom stereocenters. The summed E-state index contributed by atoms with van der Waals surface area (Å²) in [5, 5.41) is 13.9. The highest BCUT2D eigenvalue weighted by Crippen LogP contribution is 2.02. The Labute approximate surface area is 118 Å². The van der Waals surface area contributed by atoms with Crippen molar-refractivity contribution in [1.82, 2.24) is 10.6 Å². The highest BCUT2D eigenvalue weighted by atomic mass is 32.2. The van der Waals surface area contributed by atoms with E-state index in [1.165, 1.54) is 6.92 Å². The molecule has 0 aromatic rings. The maximum Gasteiger partial charge on any atom is 0.279 e. The topological polar surface area (TPSA) is 87.7 Å². The zero-order chi connectivity index (χ0) is 14.3. The van der Waals surface area contributed by atoms with Crippen LogP contribution in [0.25, 0.3) is 0 Å². The van der Waals surface area contributed by atoms with Crippen LogP contribution in [0.15, 0.2) is 0 Å². The summed E-state index contributed by atoms with van der Waals surface area (Å²) in [7, 11) is 0. The molecule has 7 heteroatoms. The third kappa shape index (κ3) is 15.2. The molecule has 0 saturated carbocycles. The lowest BCUT2D eigenvalue weighted by molar-refractivity contribution is -0.118. The Bertz CT molecular complexity index is 252.